The Morgan fingerprint density at radius 1 is 0.962 bits per heavy atom. The van der Waals surface area contributed by atoms with E-state index in [4.69, 9.17) is 4.74 Å². The van der Waals surface area contributed by atoms with Crippen LogP contribution in [0.3, 0.4) is 0 Å². The molecule has 1 heterocycles. The molecule has 1 saturated heterocycles. The third-order valence-electron chi connectivity index (χ3n) is 6.65. The van der Waals surface area contributed by atoms with Crippen molar-refractivity contribution in [1.82, 2.24) is 4.90 Å². The number of hydrogen-bond donors (Lipinski definition) is 0. The minimum Gasteiger partial charge on any atom is -0.383 e. The molecular formula is C23H38N2O. The van der Waals surface area contributed by atoms with E-state index in [9.17, 15) is 0 Å². The first-order valence-corrected chi connectivity index (χ1v) is 10.5. The standard InChI is InChI=1S/C23H38N2O/c1-23(2,3)20-11-9-19(10-12-20)21-7-5-6-8-22(21)25-15-13-24(14-16-25)17-18-26-4/h5-8,19-20H,9-18H2,1-4H3. The van der Waals surface area contributed by atoms with Gasteiger partial charge in [-0.15, -0.1) is 0 Å². The smallest absolute Gasteiger partial charge is 0.0589 e. The number of benzene rings is 1. The molecule has 1 aliphatic heterocycles. The van der Waals surface area contributed by atoms with Gasteiger partial charge in [0, 0.05) is 45.5 Å². The second-order valence-corrected chi connectivity index (χ2v) is 9.29. The minimum atomic E-state index is 0.461. The van der Waals surface area contributed by atoms with Crippen LogP contribution in [0.1, 0.15) is 57.9 Å². The minimum absolute atomic E-state index is 0.461. The zero-order chi connectivity index (χ0) is 18.6. The summed E-state index contributed by atoms with van der Waals surface area (Å²) in [5.74, 6) is 1.63. The number of anilines is 1. The van der Waals surface area contributed by atoms with Crippen molar-refractivity contribution in [3.05, 3.63) is 29.8 Å². The molecule has 1 saturated carbocycles. The van der Waals surface area contributed by atoms with Crippen molar-refractivity contribution in [2.45, 2.75) is 52.4 Å². The predicted octanol–water partition coefficient (Wildman–Crippen LogP) is 4.77. The van der Waals surface area contributed by atoms with E-state index in [-0.39, 0.29) is 0 Å². The van der Waals surface area contributed by atoms with Crippen LogP contribution in [0.15, 0.2) is 24.3 Å². The van der Waals surface area contributed by atoms with Gasteiger partial charge in [0.05, 0.1) is 6.61 Å². The molecule has 3 heteroatoms. The van der Waals surface area contributed by atoms with Crippen molar-refractivity contribution in [1.29, 1.82) is 0 Å². The molecule has 2 aliphatic rings. The molecule has 1 aromatic carbocycles. The summed E-state index contributed by atoms with van der Waals surface area (Å²) in [6.45, 7) is 13.7. The fraction of sp³-hybridized carbons (Fsp3) is 0.739. The van der Waals surface area contributed by atoms with E-state index in [1.165, 1.54) is 31.4 Å². The summed E-state index contributed by atoms with van der Waals surface area (Å²) in [5, 5.41) is 0. The number of hydrogen-bond acceptors (Lipinski definition) is 3. The fourth-order valence-corrected chi connectivity index (χ4v) is 4.82. The number of piperazine rings is 1. The number of nitrogens with zero attached hydrogens (tertiary/aromatic N) is 2. The topological polar surface area (TPSA) is 15.7 Å². The van der Waals surface area contributed by atoms with Gasteiger partial charge < -0.3 is 9.64 Å². The molecule has 0 amide bonds. The molecule has 0 aromatic heterocycles. The van der Waals surface area contributed by atoms with E-state index in [0.717, 1.165) is 51.2 Å². The molecule has 26 heavy (non-hydrogen) atoms. The summed E-state index contributed by atoms with van der Waals surface area (Å²) in [4.78, 5) is 5.14. The summed E-state index contributed by atoms with van der Waals surface area (Å²) in [6.07, 6.45) is 5.47. The van der Waals surface area contributed by atoms with Crippen LogP contribution in [-0.2, 0) is 4.74 Å². The molecule has 0 radical (unpaired) electrons. The third kappa shape index (κ3) is 4.80. The maximum atomic E-state index is 5.23. The van der Waals surface area contributed by atoms with E-state index in [1.807, 2.05) is 0 Å². The van der Waals surface area contributed by atoms with Gasteiger partial charge >= 0.3 is 0 Å². The highest BCUT2D eigenvalue weighted by Gasteiger charge is 2.31. The summed E-state index contributed by atoms with van der Waals surface area (Å²) >= 11 is 0. The lowest BCUT2D eigenvalue weighted by molar-refractivity contribution is 0.144. The second kappa shape index (κ2) is 8.75. The zero-order valence-electron chi connectivity index (χ0n) is 17.3. The van der Waals surface area contributed by atoms with Crippen LogP contribution in [0.2, 0.25) is 0 Å². The third-order valence-corrected chi connectivity index (χ3v) is 6.65. The molecule has 0 atom stereocenters. The Balaban J connectivity index is 1.63. The lowest BCUT2D eigenvalue weighted by Crippen LogP contribution is -2.47. The van der Waals surface area contributed by atoms with Gasteiger partial charge in [0.1, 0.15) is 0 Å². The van der Waals surface area contributed by atoms with Crippen LogP contribution < -0.4 is 4.90 Å². The molecule has 2 fully saturated rings. The van der Waals surface area contributed by atoms with Gasteiger partial charge in [-0.1, -0.05) is 39.0 Å². The van der Waals surface area contributed by atoms with Crippen molar-refractivity contribution in [3.63, 3.8) is 0 Å². The van der Waals surface area contributed by atoms with E-state index >= 15 is 0 Å². The largest absolute Gasteiger partial charge is 0.383 e. The van der Waals surface area contributed by atoms with Gasteiger partial charge in [0.15, 0.2) is 0 Å². The quantitative estimate of drug-likeness (QED) is 0.754. The van der Waals surface area contributed by atoms with E-state index < -0.39 is 0 Å². The van der Waals surface area contributed by atoms with E-state index in [1.54, 1.807) is 12.7 Å². The van der Waals surface area contributed by atoms with Crippen LogP contribution in [0.25, 0.3) is 0 Å². The van der Waals surface area contributed by atoms with Gasteiger partial charge in [0.2, 0.25) is 0 Å². The van der Waals surface area contributed by atoms with Crippen LogP contribution in [-0.4, -0.2) is 51.3 Å². The van der Waals surface area contributed by atoms with Crippen LogP contribution in [0, 0.1) is 11.3 Å². The molecule has 0 N–H and O–H groups in total. The Hall–Kier alpha value is -1.06. The highest BCUT2D eigenvalue weighted by molar-refractivity contribution is 5.55. The molecule has 3 nitrogen and oxygen atoms in total. The highest BCUT2D eigenvalue weighted by Crippen LogP contribution is 2.45. The van der Waals surface area contributed by atoms with Crippen molar-refractivity contribution in [2.75, 3.05) is 51.3 Å². The number of ether oxygens (including phenoxy) is 1. The van der Waals surface area contributed by atoms with Crippen LogP contribution in [0.5, 0.6) is 0 Å². The maximum Gasteiger partial charge on any atom is 0.0589 e. The zero-order valence-corrected chi connectivity index (χ0v) is 17.3. The second-order valence-electron chi connectivity index (χ2n) is 9.29. The Morgan fingerprint density at radius 2 is 1.62 bits per heavy atom. The first-order chi connectivity index (χ1) is 12.5. The van der Waals surface area contributed by atoms with Gasteiger partial charge in [0.25, 0.3) is 0 Å². The van der Waals surface area contributed by atoms with Crippen molar-refractivity contribution >= 4 is 5.69 Å². The average Bonchev–Trinajstić information content (AvgIpc) is 2.66. The van der Waals surface area contributed by atoms with Gasteiger partial charge in [-0.05, 0) is 54.6 Å². The van der Waals surface area contributed by atoms with E-state index in [2.05, 4.69) is 54.8 Å². The summed E-state index contributed by atoms with van der Waals surface area (Å²) in [6, 6.07) is 9.21. The Bertz CT molecular complexity index is 550. The first kappa shape index (κ1) is 19.7. The normalized spacial score (nSPS) is 25.5. The SMILES string of the molecule is COCCN1CCN(c2ccccc2C2CCC(C(C)(C)C)CC2)CC1. The Kier molecular flexibility index (Phi) is 6.63. The fourth-order valence-electron chi connectivity index (χ4n) is 4.82. The van der Waals surface area contributed by atoms with E-state index in [0.29, 0.717) is 5.41 Å². The maximum absolute atomic E-state index is 5.23. The average molecular weight is 359 g/mol. The molecular weight excluding hydrogens is 320 g/mol. The molecule has 0 unspecified atom stereocenters. The summed E-state index contributed by atoms with van der Waals surface area (Å²) in [7, 11) is 1.79. The lowest BCUT2D eigenvalue weighted by atomic mass is 9.68. The first-order valence-electron chi connectivity index (χ1n) is 10.5. The van der Waals surface area contributed by atoms with Gasteiger partial charge in [-0.2, -0.15) is 0 Å². The predicted molar refractivity (Wildman–Crippen MR) is 111 cm³/mol. The van der Waals surface area contributed by atoms with Crippen molar-refractivity contribution < 1.29 is 4.74 Å². The number of rotatable bonds is 5. The van der Waals surface area contributed by atoms with Gasteiger partial charge in [-0.25, -0.2) is 0 Å². The monoisotopic (exact) mass is 358 g/mol. The lowest BCUT2D eigenvalue weighted by Gasteiger charge is -2.40. The molecule has 0 spiro atoms. The highest BCUT2D eigenvalue weighted by atomic mass is 16.5. The Labute approximate surface area is 160 Å². The molecule has 1 aliphatic carbocycles. The molecule has 146 valence electrons. The summed E-state index contributed by atoms with van der Waals surface area (Å²) < 4.78 is 5.23. The molecule has 3 rings (SSSR count). The molecule has 0 bridgehead atoms. The Morgan fingerprint density at radius 3 is 2.23 bits per heavy atom. The number of para-hydroxylation sites is 1. The van der Waals surface area contributed by atoms with Crippen molar-refractivity contribution in [2.24, 2.45) is 11.3 Å². The van der Waals surface area contributed by atoms with Crippen molar-refractivity contribution in [3.8, 4) is 0 Å². The number of methoxy groups -OCH3 is 1. The molecule has 1 aromatic rings. The van der Waals surface area contributed by atoms with Crippen LogP contribution in [0.4, 0.5) is 5.69 Å². The van der Waals surface area contributed by atoms with Gasteiger partial charge in [-0.3, -0.25) is 4.90 Å². The van der Waals surface area contributed by atoms with Crippen LogP contribution >= 0.6 is 0 Å². The summed E-state index contributed by atoms with van der Waals surface area (Å²) in [5.41, 5.74) is 3.56.